The van der Waals surface area contributed by atoms with E-state index in [4.69, 9.17) is 16.3 Å². The molecule has 21 heavy (non-hydrogen) atoms. The number of hydrogen-bond acceptors (Lipinski definition) is 4. The van der Waals surface area contributed by atoms with Crippen LogP contribution in [0.3, 0.4) is 0 Å². The van der Waals surface area contributed by atoms with Crippen LogP contribution in [-0.2, 0) is 11.3 Å². The molecule has 0 bridgehead atoms. The molecule has 0 fully saturated rings. The van der Waals surface area contributed by atoms with E-state index in [0.717, 1.165) is 37.6 Å². The van der Waals surface area contributed by atoms with Gasteiger partial charge in [-0.15, -0.1) is 0 Å². The van der Waals surface area contributed by atoms with Gasteiger partial charge in [-0.05, 0) is 46.2 Å². The molecule has 0 aliphatic rings. The largest absolute Gasteiger partial charge is 0.380 e. The normalized spacial score (nSPS) is 11.7. The monoisotopic (exact) mass is 313 g/mol. The fourth-order valence-electron chi connectivity index (χ4n) is 1.90. The maximum Gasteiger partial charge on any atom is 0.147 e. The lowest BCUT2D eigenvalue weighted by Gasteiger charge is -2.24. The van der Waals surface area contributed by atoms with E-state index in [-0.39, 0.29) is 5.54 Å². The van der Waals surface area contributed by atoms with E-state index >= 15 is 0 Å². The van der Waals surface area contributed by atoms with Crippen LogP contribution < -0.4 is 10.2 Å². The van der Waals surface area contributed by atoms with Crippen LogP contribution >= 0.6 is 11.6 Å². The van der Waals surface area contributed by atoms with E-state index in [1.165, 1.54) is 0 Å². The van der Waals surface area contributed by atoms with E-state index < -0.39 is 0 Å². The summed E-state index contributed by atoms with van der Waals surface area (Å²) in [4.78, 5) is 6.67. The van der Waals surface area contributed by atoms with E-state index in [2.05, 4.69) is 42.9 Å². The van der Waals surface area contributed by atoms with Gasteiger partial charge in [0, 0.05) is 38.0 Å². The number of rotatable bonds is 8. The highest BCUT2D eigenvalue weighted by Crippen LogP contribution is 2.24. The van der Waals surface area contributed by atoms with Crippen LogP contribution in [0.5, 0.6) is 0 Å². The molecule has 0 atom stereocenters. The number of halogens is 1. The Morgan fingerprint density at radius 3 is 2.57 bits per heavy atom. The van der Waals surface area contributed by atoms with Crippen LogP contribution in [0.2, 0.25) is 5.02 Å². The Bertz CT molecular complexity index is 432. The van der Waals surface area contributed by atoms with Crippen molar-refractivity contribution in [2.24, 2.45) is 0 Å². The van der Waals surface area contributed by atoms with Crippen molar-refractivity contribution in [3.05, 3.63) is 22.8 Å². The van der Waals surface area contributed by atoms with Gasteiger partial charge in [-0.3, -0.25) is 0 Å². The number of pyridine rings is 1. The van der Waals surface area contributed by atoms with Gasteiger partial charge < -0.3 is 15.0 Å². The lowest BCUT2D eigenvalue weighted by atomic mass is 10.1. The zero-order chi connectivity index (χ0) is 15.9. The van der Waals surface area contributed by atoms with E-state index in [9.17, 15) is 0 Å². The second-order valence-electron chi connectivity index (χ2n) is 6.03. The predicted octanol–water partition coefficient (Wildman–Crippen LogP) is 3.49. The van der Waals surface area contributed by atoms with Crippen LogP contribution in [-0.4, -0.2) is 36.8 Å². The topological polar surface area (TPSA) is 37.4 Å². The molecule has 0 aromatic carbocycles. The van der Waals surface area contributed by atoms with Gasteiger partial charge in [-0.25, -0.2) is 4.98 Å². The minimum absolute atomic E-state index is 0.0814. The standard InChI is InChI=1S/C16H28ClN3O/c1-6-20(8-9-21-7-2)15-14(17)10-13(11-18-15)12-19-16(3,4)5/h10-11,19H,6-9,12H2,1-5H3. The molecule has 0 spiro atoms. The molecule has 0 radical (unpaired) electrons. The summed E-state index contributed by atoms with van der Waals surface area (Å²) in [5, 5.41) is 4.13. The molecule has 4 nitrogen and oxygen atoms in total. The van der Waals surface area contributed by atoms with Crippen molar-refractivity contribution in [1.29, 1.82) is 0 Å². The van der Waals surface area contributed by atoms with Gasteiger partial charge in [0.25, 0.3) is 0 Å². The smallest absolute Gasteiger partial charge is 0.147 e. The van der Waals surface area contributed by atoms with Crippen LogP contribution in [0.15, 0.2) is 12.3 Å². The highest BCUT2D eigenvalue weighted by molar-refractivity contribution is 6.33. The van der Waals surface area contributed by atoms with Crippen molar-refractivity contribution >= 4 is 17.4 Å². The average molecular weight is 314 g/mol. The quantitative estimate of drug-likeness (QED) is 0.746. The van der Waals surface area contributed by atoms with Gasteiger partial charge in [0.2, 0.25) is 0 Å². The molecule has 1 N–H and O–H groups in total. The molecule has 0 aliphatic heterocycles. The summed E-state index contributed by atoms with van der Waals surface area (Å²) in [6.45, 7) is 14.4. The molecule has 0 saturated heterocycles. The minimum atomic E-state index is 0.0814. The zero-order valence-corrected chi connectivity index (χ0v) is 14.6. The van der Waals surface area contributed by atoms with Crippen molar-refractivity contribution < 1.29 is 4.74 Å². The third kappa shape index (κ3) is 6.64. The lowest BCUT2D eigenvalue weighted by Crippen LogP contribution is -2.35. The van der Waals surface area contributed by atoms with Crippen molar-refractivity contribution in [3.8, 4) is 0 Å². The van der Waals surface area contributed by atoms with Gasteiger partial charge in [0.15, 0.2) is 0 Å². The number of ether oxygens (including phenoxy) is 1. The Kier molecular flexibility index (Phi) is 7.43. The first-order valence-electron chi connectivity index (χ1n) is 7.59. The highest BCUT2D eigenvalue weighted by Gasteiger charge is 2.13. The Labute approximate surface area is 133 Å². The number of aromatic nitrogens is 1. The summed E-state index contributed by atoms with van der Waals surface area (Å²) in [7, 11) is 0. The number of nitrogens with one attached hydrogen (secondary N) is 1. The van der Waals surface area contributed by atoms with Crippen molar-refractivity contribution in [3.63, 3.8) is 0 Å². The van der Waals surface area contributed by atoms with Gasteiger partial charge in [-0.2, -0.15) is 0 Å². The Morgan fingerprint density at radius 1 is 1.33 bits per heavy atom. The van der Waals surface area contributed by atoms with Crippen LogP contribution in [0.25, 0.3) is 0 Å². The summed E-state index contributed by atoms with van der Waals surface area (Å²) < 4.78 is 5.40. The van der Waals surface area contributed by atoms with Crippen molar-refractivity contribution in [2.45, 2.75) is 46.7 Å². The summed E-state index contributed by atoms with van der Waals surface area (Å²) in [5.41, 5.74) is 1.18. The molecule has 1 rings (SSSR count). The number of nitrogens with zero attached hydrogens (tertiary/aromatic N) is 2. The average Bonchev–Trinajstić information content (AvgIpc) is 2.42. The first-order valence-corrected chi connectivity index (χ1v) is 7.97. The van der Waals surface area contributed by atoms with Gasteiger partial charge >= 0.3 is 0 Å². The van der Waals surface area contributed by atoms with Gasteiger partial charge in [0.1, 0.15) is 5.82 Å². The fourth-order valence-corrected chi connectivity index (χ4v) is 2.21. The van der Waals surface area contributed by atoms with E-state index in [1.54, 1.807) is 0 Å². The predicted molar refractivity (Wildman–Crippen MR) is 90.2 cm³/mol. The third-order valence-electron chi connectivity index (χ3n) is 3.09. The van der Waals surface area contributed by atoms with Crippen LogP contribution in [0.4, 0.5) is 5.82 Å². The van der Waals surface area contributed by atoms with E-state index in [1.807, 2.05) is 19.2 Å². The molecule has 120 valence electrons. The zero-order valence-electron chi connectivity index (χ0n) is 13.9. The number of anilines is 1. The maximum absolute atomic E-state index is 6.39. The molecular weight excluding hydrogens is 286 g/mol. The van der Waals surface area contributed by atoms with Gasteiger partial charge in [-0.1, -0.05) is 11.6 Å². The summed E-state index contributed by atoms with van der Waals surface area (Å²) in [6, 6.07) is 1.99. The number of hydrogen-bond donors (Lipinski definition) is 1. The fraction of sp³-hybridized carbons (Fsp3) is 0.688. The Morgan fingerprint density at radius 2 is 2.05 bits per heavy atom. The molecule has 0 aliphatic carbocycles. The second kappa shape index (κ2) is 8.57. The van der Waals surface area contributed by atoms with Crippen molar-refractivity contribution in [2.75, 3.05) is 31.2 Å². The van der Waals surface area contributed by atoms with Crippen LogP contribution in [0, 0.1) is 0 Å². The molecule has 0 amide bonds. The van der Waals surface area contributed by atoms with Crippen LogP contribution in [0.1, 0.15) is 40.2 Å². The molecule has 5 heteroatoms. The summed E-state index contributed by atoms with van der Waals surface area (Å²) in [6.07, 6.45) is 1.89. The first-order chi connectivity index (χ1) is 9.87. The van der Waals surface area contributed by atoms with E-state index in [0.29, 0.717) is 11.6 Å². The highest BCUT2D eigenvalue weighted by atomic mass is 35.5. The molecule has 1 heterocycles. The Balaban J connectivity index is 2.71. The second-order valence-corrected chi connectivity index (χ2v) is 6.44. The molecule has 1 aromatic rings. The SMILES string of the molecule is CCOCCN(CC)c1ncc(CNC(C)(C)C)cc1Cl. The molecule has 0 saturated carbocycles. The number of likely N-dealkylation sites (N-methyl/N-ethyl adjacent to an activating group) is 1. The maximum atomic E-state index is 6.39. The Hall–Kier alpha value is -0.840. The molecule has 0 unspecified atom stereocenters. The molecular formula is C16H28ClN3O. The van der Waals surface area contributed by atoms with Gasteiger partial charge in [0.05, 0.1) is 11.6 Å². The summed E-state index contributed by atoms with van der Waals surface area (Å²) >= 11 is 6.39. The van der Waals surface area contributed by atoms with Crippen molar-refractivity contribution in [1.82, 2.24) is 10.3 Å². The summed E-state index contributed by atoms with van der Waals surface area (Å²) in [5.74, 6) is 0.832. The lowest BCUT2D eigenvalue weighted by molar-refractivity contribution is 0.154. The first kappa shape index (κ1) is 18.2. The third-order valence-corrected chi connectivity index (χ3v) is 3.37. The minimum Gasteiger partial charge on any atom is -0.380 e. The molecule has 1 aromatic heterocycles.